The number of rotatable bonds is 6. The summed E-state index contributed by atoms with van der Waals surface area (Å²) in [6.07, 6.45) is 2.19. The molecule has 1 N–H and O–H groups in total. The molecule has 1 aliphatic rings. The topological polar surface area (TPSA) is 76.1 Å². The Morgan fingerprint density at radius 3 is 2.84 bits per heavy atom. The van der Waals surface area contributed by atoms with E-state index in [0.717, 1.165) is 23.9 Å². The van der Waals surface area contributed by atoms with Crippen LogP contribution in [0.15, 0.2) is 30.2 Å². The molecule has 0 atom stereocenters. The number of amides is 1. The Morgan fingerprint density at radius 2 is 2.21 bits per heavy atom. The molecule has 6 heteroatoms. The summed E-state index contributed by atoms with van der Waals surface area (Å²) in [5, 5.41) is 3.48. The van der Waals surface area contributed by atoms with Crippen molar-refractivity contribution in [2.75, 3.05) is 11.1 Å². The first-order valence-corrected chi connectivity index (χ1v) is 7.84. The third-order valence-corrected chi connectivity index (χ3v) is 4.18. The Labute approximate surface area is 112 Å². The first-order valence-electron chi connectivity index (χ1n) is 6.12. The molecule has 19 heavy (non-hydrogen) atoms. The lowest BCUT2D eigenvalue weighted by Crippen LogP contribution is -2.17. The Morgan fingerprint density at radius 1 is 1.47 bits per heavy atom. The van der Waals surface area contributed by atoms with E-state index in [1.165, 1.54) is 0 Å². The van der Waals surface area contributed by atoms with Crippen LogP contribution in [0.2, 0.25) is 0 Å². The van der Waals surface area contributed by atoms with E-state index >= 15 is 0 Å². The van der Waals surface area contributed by atoms with E-state index in [1.807, 2.05) is 12.1 Å². The highest BCUT2D eigenvalue weighted by Gasteiger charge is 2.25. The van der Waals surface area contributed by atoms with Crippen LogP contribution in [0.5, 0.6) is 0 Å². The number of carbonyl (C=O) groups is 1. The molecule has 1 fully saturated rings. The van der Waals surface area contributed by atoms with Gasteiger partial charge in [0, 0.05) is 23.4 Å². The van der Waals surface area contributed by atoms with Gasteiger partial charge in [-0.05, 0) is 25.0 Å². The van der Waals surface area contributed by atoms with Crippen molar-refractivity contribution < 1.29 is 13.2 Å². The van der Waals surface area contributed by atoms with Gasteiger partial charge in [-0.25, -0.2) is 13.4 Å². The highest BCUT2D eigenvalue weighted by atomic mass is 32.2. The van der Waals surface area contributed by atoms with Crippen molar-refractivity contribution in [1.29, 1.82) is 0 Å². The molecular weight excluding hydrogens is 264 g/mol. The zero-order valence-corrected chi connectivity index (χ0v) is 11.3. The minimum Gasteiger partial charge on any atom is -0.311 e. The number of carbonyl (C=O) groups excluding carboxylic acids is 1. The first kappa shape index (κ1) is 13.7. The van der Waals surface area contributed by atoms with Gasteiger partial charge < -0.3 is 5.32 Å². The lowest BCUT2D eigenvalue weighted by atomic mass is 10.2. The van der Waals surface area contributed by atoms with Crippen molar-refractivity contribution in [3.63, 3.8) is 0 Å². The van der Waals surface area contributed by atoms with Gasteiger partial charge in [0.05, 0.1) is 5.75 Å². The number of sulfone groups is 1. The summed E-state index contributed by atoms with van der Waals surface area (Å²) >= 11 is 0. The Bertz CT molecular complexity index is 592. The number of nitrogens with zero attached hydrogens (tertiary/aromatic N) is 1. The van der Waals surface area contributed by atoms with Crippen molar-refractivity contribution in [3.8, 4) is 0 Å². The zero-order chi connectivity index (χ0) is 13.9. The largest absolute Gasteiger partial charge is 0.311 e. The molecule has 1 heterocycles. The van der Waals surface area contributed by atoms with Crippen LogP contribution in [0.25, 0.3) is 0 Å². The van der Waals surface area contributed by atoms with Gasteiger partial charge in [0.15, 0.2) is 9.84 Å². The summed E-state index contributed by atoms with van der Waals surface area (Å²) in [6.45, 7) is 3.20. The molecule has 1 saturated carbocycles. The van der Waals surface area contributed by atoms with Crippen LogP contribution in [0.4, 0.5) is 5.82 Å². The maximum absolute atomic E-state index is 11.6. The average Bonchev–Trinajstić information content (AvgIpc) is 3.21. The van der Waals surface area contributed by atoms with E-state index in [0.29, 0.717) is 11.7 Å². The SMILES string of the molecule is C=CS(=O)(=O)CCC(=O)Nc1cccc(C2CC2)n1. The van der Waals surface area contributed by atoms with Crippen LogP contribution in [0.3, 0.4) is 0 Å². The summed E-state index contributed by atoms with van der Waals surface area (Å²) in [5.74, 6) is 0.402. The monoisotopic (exact) mass is 280 g/mol. The van der Waals surface area contributed by atoms with E-state index in [9.17, 15) is 13.2 Å². The molecule has 1 aromatic heterocycles. The van der Waals surface area contributed by atoms with Gasteiger partial charge in [-0.3, -0.25) is 4.79 Å². The van der Waals surface area contributed by atoms with Crippen LogP contribution >= 0.6 is 0 Å². The molecule has 102 valence electrons. The smallest absolute Gasteiger partial charge is 0.226 e. The predicted octanol–water partition coefficient (Wildman–Crippen LogP) is 1.85. The predicted molar refractivity (Wildman–Crippen MR) is 73.4 cm³/mol. The minimum atomic E-state index is -3.34. The number of anilines is 1. The molecule has 0 unspecified atom stereocenters. The molecule has 0 saturated heterocycles. The normalized spacial score (nSPS) is 14.9. The molecule has 1 aromatic rings. The average molecular weight is 280 g/mol. The number of hydrogen-bond donors (Lipinski definition) is 1. The fourth-order valence-electron chi connectivity index (χ4n) is 1.65. The van der Waals surface area contributed by atoms with Crippen molar-refractivity contribution in [2.45, 2.75) is 25.2 Å². The number of aromatic nitrogens is 1. The summed E-state index contributed by atoms with van der Waals surface area (Å²) in [5.41, 5.74) is 0.983. The molecule has 0 bridgehead atoms. The van der Waals surface area contributed by atoms with E-state index in [2.05, 4.69) is 16.9 Å². The molecule has 0 aliphatic heterocycles. The molecule has 1 amide bonds. The second-order valence-electron chi connectivity index (χ2n) is 4.55. The van der Waals surface area contributed by atoms with Crippen molar-refractivity contribution in [1.82, 2.24) is 4.98 Å². The molecule has 0 radical (unpaired) electrons. The summed E-state index contributed by atoms with van der Waals surface area (Å²) < 4.78 is 22.4. The number of nitrogens with one attached hydrogen (secondary N) is 1. The summed E-state index contributed by atoms with van der Waals surface area (Å²) in [6, 6.07) is 5.48. The Kier molecular flexibility index (Phi) is 3.99. The molecule has 0 spiro atoms. The van der Waals surface area contributed by atoms with Gasteiger partial charge in [-0.1, -0.05) is 12.6 Å². The second-order valence-corrected chi connectivity index (χ2v) is 6.62. The van der Waals surface area contributed by atoms with Gasteiger partial charge in [0.1, 0.15) is 5.82 Å². The van der Waals surface area contributed by atoms with Crippen molar-refractivity contribution >= 4 is 21.6 Å². The fourth-order valence-corrected chi connectivity index (χ4v) is 2.29. The van der Waals surface area contributed by atoms with Crippen LogP contribution in [-0.4, -0.2) is 25.1 Å². The van der Waals surface area contributed by atoms with E-state index < -0.39 is 9.84 Å². The van der Waals surface area contributed by atoms with Crippen LogP contribution in [0.1, 0.15) is 30.9 Å². The fraction of sp³-hybridized carbons (Fsp3) is 0.385. The van der Waals surface area contributed by atoms with Gasteiger partial charge in [-0.15, -0.1) is 0 Å². The van der Waals surface area contributed by atoms with E-state index in [4.69, 9.17) is 0 Å². The highest BCUT2D eigenvalue weighted by molar-refractivity contribution is 7.94. The molecule has 5 nitrogen and oxygen atoms in total. The van der Waals surface area contributed by atoms with Gasteiger partial charge in [0.2, 0.25) is 5.91 Å². The number of pyridine rings is 1. The van der Waals surface area contributed by atoms with E-state index in [-0.39, 0.29) is 18.1 Å². The Hall–Kier alpha value is -1.69. The molecular formula is C13H16N2O3S. The Balaban J connectivity index is 1.91. The maximum Gasteiger partial charge on any atom is 0.226 e. The number of hydrogen-bond acceptors (Lipinski definition) is 4. The zero-order valence-electron chi connectivity index (χ0n) is 10.5. The molecule has 0 aromatic carbocycles. The lowest BCUT2D eigenvalue weighted by Gasteiger charge is -2.05. The summed E-state index contributed by atoms with van der Waals surface area (Å²) in [7, 11) is -3.34. The van der Waals surface area contributed by atoms with Crippen molar-refractivity contribution in [3.05, 3.63) is 35.9 Å². The maximum atomic E-state index is 11.6. The molecule has 2 rings (SSSR count). The third kappa shape index (κ3) is 4.17. The standard InChI is InChI=1S/C13H16N2O3S/c1-2-19(17,18)9-8-13(16)15-12-5-3-4-11(14-12)10-6-7-10/h2-5,10H,1,6-9H2,(H,14,15,16). The van der Waals surface area contributed by atoms with Crippen LogP contribution in [0, 0.1) is 0 Å². The van der Waals surface area contributed by atoms with E-state index in [1.54, 1.807) is 6.07 Å². The van der Waals surface area contributed by atoms with Gasteiger partial charge in [0.25, 0.3) is 0 Å². The van der Waals surface area contributed by atoms with Crippen LogP contribution in [-0.2, 0) is 14.6 Å². The van der Waals surface area contributed by atoms with Gasteiger partial charge in [-0.2, -0.15) is 0 Å². The highest BCUT2D eigenvalue weighted by Crippen LogP contribution is 2.39. The minimum absolute atomic E-state index is 0.0936. The van der Waals surface area contributed by atoms with Crippen molar-refractivity contribution in [2.24, 2.45) is 0 Å². The quantitative estimate of drug-likeness (QED) is 0.862. The lowest BCUT2D eigenvalue weighted by molar-refractivity contribution is -0.115. The molecule has 1 aliphatic carbocycles. The summed E-state index contributed by atoms with van der Waals surface area (Å²) in [4.78, 5) is 16.0. The van der Waals surface area contributed by atoms with Crippen LogP contribution < -0.4 is 5.32 Å². The van der Waals surface area contributed by atoms with Gasteiger partial charge >= 0.3 is 0 Å². The second kappa shape index (κ2) is 5.52. The first-order chi connectivity index (χ1) is 9.00. The third-order valence-electron chi connectivity index (χ3n) is 2.90.